The number of carbonyl (C=O) groups is 1. The Bertz CT molecular complexity index is 740. The summed E-state index contributed by atoms with van der Waals surface area (Å²) in [5, 5.41) is 3.60. The Morgan fingerprint density at radius 3 is 2.75 bits per heavy atom. The molecular formula is C21H27ClN2O4. The molecular weight excluding hydrogens is 380 g/mol. The van der Waals surface area contributed by atoms with Crippen molar-refractivity contribution in [3.8, 4) is 11.5 Å². The third kappa shape index (κ3) is 4.29. The fourth-order valence-corrected chi connectivity index (χ4v) is 4.56. The van der Waals surface area contributed by atoms with Crippen LogP contribution in [0.4, 0.5) is 0 Å². The molecule has 2 saturated heterocycles. The number of fused-ring (bicyclic) bond motifs is 1. The molecule has 0 radical (unpaired) electrons. The van der Waals surface area contributed by atoms with Gasteiger partial charge in [0.1, 0.15) is 0 Å². The van der Waals surface area contributed by atoms with Crippen LogP contribution in [0, 0.1) is 0 Å². The first-order chi connectivity index (χ1) is 13.7. The van der Waals surface area contributed by atoms with Gasteiger partial charge in [-0.1, -0.05) is 18.0 Å². The van der Waals surface area contributed by atoms with Gasteiger partial charge in [0.15, 0.2) is 11.5 Å². The molecule has 0 aromatic heterocycles. The van der Waals surface area contributed by atoms with E-state index < -0.39 is 0 Å². The average Bonchev–Trinajstić information content (AvgIpc) is 3.21. The van der Waals surface area contributed by atoms with E-state index in [-0.39, 0.29) is 18.2 Å². The van der Waals surface area contributed by atoms with Crippen LogP contribution in [0.2, 0.25) is 5.02 Å². The van der Waals surface area contributed by atoms with Crippen LogP contribution in [0.15, 0.2) is 18.2 Å². The lowest BCUT2D eigenvalue weighted by Gasteiger charge is -2.48. The van der Waals surface area contributed by atoms with Gasteiger partial charge < -0.3 is 19.5 Å². The second kappa shape index (κ2) is 8.72. The smallest absolute Gasteiger partial charge is 0.244 e. The zero-order valence-electron chi connectivity index (χ0n) is 16.0. The summed E-state index contributed by atoms with van der Waals surface area (Å²) in [6, 6.07) is 3.60. The predicted molar refractivity (Wildman–Crippen MR) is 108 cm³/mol. The molecule has 0 atom stereocenters. The zero-order chi connectivity index (χ0) is 19.4. The lowest BCUT2D eigenvalue weighted by atomic mass is 9.86. The van der Waals surface area contributed by atoms with Crippen molar-refractivity contribution in [2.45, 2.75) is 37.6 Å². The summed E-state index contributed by atoms with van der Waals surface area (Å²) in [4.78, 5) is 15.0. The highest BCUT2D eigenvalue weighted by Gasteiger charge is 2.39. The number of hydrogen-bond donors (Lipinski definition) is 1. The first-order valence-electron chi connectivity index (χ1n) is 10.0. The molecule has 4 rings (SSSR count). The second-order valence-corrected chi connectivity index (χ2v) is 8.08. The van der Waals surface area contributed by atoms with Crippen LogP contribution in [0.25, 0.3) is 6.08 Å². The van der Waals surface area contributed by atoms with Crippen molar-refractivity contribution in [1.82, 2.24) is 10.2 Å². The lowest BCUT2D eigenvalue weighted by Crippen LogP contribution is -2.59. The summed E-state index contributed by atoms with van der Waals surface area (Å²) >= 11 is 6.20. The quantitative estimate of drug-likeness (QED) is 0.761. The molecule has 0 bridgehead atoms. The average molecular weight is 407 g/mol. The molecule has 0 aliphatic carbocycles. The number of hydrogen-bond acceptors (Lipinski definition) is 5. The van der Waals surface area contributed by atoms with Crippen LogP contribution in [-0.2, 0) is 9.53 Å². The molecule has 3 aliphatic rings. The van der Waals surface area contributed by atoms with Gasteiger partial charge in [-0.2, -0.15) is 0 Å². The molecule has 0 spiro atoms. The fourth-order valence-electron chi connectivity index (χ4n) is 4.29. The molecule has 28 heavy (non-hydrogen) atoms. The number of benzene rings is 1. The van der Waals surface area contributed by atoms with E-state index in [1.54, 1.807) is 18.2 Å². The highest BCUT2D eigenvalue weighted by molar-refractivity contribution is 6.32. The van der Waals surface area contributed by atoms with E-state index in [2.05, 4.69) is 10.2 Å². The van der Waals surface area contributed by atoms with Gasteiger partial charge in [-0.05, 0) is 62.5 Å². The van der Waals surface area contributed by atoms with Crippen molar-refractivity contribution in [2.75, 3.05) is 39.6 Å². The van der Waals surface area contributed by atoms with E-state index in [4.69, 9.17) is 25.8 Å². The number of piperidine rings is 1. The first-order valence-corrected chi connectivity index (χ1v) is 10.4. The van der Waals surface area contributed by atoms with Gasteiger partial charge in [0.2, 0.25) is 12.7 Å². The number of likely N-dealkylation sites (tertiary alicyclic amines) is 1. The third-order valence-electron chi connectivity index (χ3n) is 5.92. The minimum Gasteiger partial charge on any atom is -0.454 e. The Morgan fingerprint density at radius 1 is 1.18 bits per heavy atom. The number of amides is 1. The SMILES string of the molecule is O=C(C=Cc1cc(Cl)c2c(c1)OCO2)NCC1(N2CCCCC2)CCOCC1. The topological polar surface area (TPSA) is 60.0 Å². The fraction of sp³-hybridized carbons (Fsp3) is 0.571. The number of halogens is 1. The van der Waals surface area contributed by atoms with Crippen molar-refractivity contribution in [1.29, 1.82) is 0 Å². The van der Waals surface area contributed by atoms with Crippen LogP contribution >= 0.6 is 11.6 Å². The highest BCUT2D eigenvalue weighted by Crippen LogP contribution is 2.40. The Morgan fingerprint density at radius 2 is 1.96 bits per heavy atom. The van der Waals surface area contributed by atoms with E-state index in [1.807, 2.05) is 6.07 Å². The minimum absolute atomic E-state index is 0.0181. The van der Waals surface area contributed by atoms with Gasteiger partial charge in [0.25, 0.3) is 0 Å². The van der Waals surface area contributed by atoms with Crippen LogP contribution < -0.4 is 14.8 Å². The summed E-state index contributed by atoms with van der Waals surface area (Å²) in [6.45, 7) is 4.57. The van der Waals surface area contributed by atoms with Crippen molar-refractivity contribution in [3.05, 3.63) is 28.8 Å². The van der Waals surface area contributed by atoms with Crippen LogP contribution in [0.3, 0.4) is 0 Å². The second-order valence-electron chi connectivity index (χ2n) is 7.67. The molecule has 3 aliphatic heterocycles. The molecule has 1 aromatic rings. The van der Waals surface area contributed by atoms with Gasteiger partial charge in [0, 0.05) is 31.4 Å². The summed E-state index contributed by atoms with van der Waals surface area (Å²) in [6.07, 6.45) is 9.01. The number of ether oxygens (including phenoxy) is 3. The van der Waals surface area contributed by atoms with E-state index >= 15 is 0 Å². The van der Waals surface area contributed by atoms with E-state index in [1.165, 1.54) is 19.3 Å². The molecule has 1 N–H and O–H groups in total. The first kappa shape index (κ1) is 19.6. The van der Waals surface area contributed by atoms with Crippen molar-refractivity contribution >= 4 is 23.6 Å². The Hall–Kier alpha value is -1.76. The van der Waals surface area contributed by atoms with Crippen molar-refractivity contribution in [3.63, 3.8) is 0 Å². The van der Waals surface area contributed by atoms with Crippen LogP contribution in [-0.4, -0.2) is 56.0 Å². The summed E-state index contributed by atoms with van der Waals surface area (Å²) in [5.74, 6) is 1.07. The maximum atomic E-state index is 12.5. The molecule has 7 heteroatoms. The molecule has 0 unspecified atom stereocenters. The number of nitrogens with zero attached hydrogens (tertiary/aromatic N) is 1. The molecule has 2 fully saturated rings. The summed E-state index contributed by atoms with van der Waals surface area (Å²) in [7, 11) is 0. The summed E-state index contributed by atoms with van der Waals surface area (Å²) in [5.41, 5.74) is 0.825. The molecule has 0 saturated carbocycles. The largest absolute Gasteiger partial charge is 0.454 e. The molecule has 3 heterocycles. The standard InChI is InChI=1S/C21H27ClN2O4/c22-17-12-16(13-18-20(17)28-15-27-18)4-5-19(25)23-14-21(6-10-26-11-7-21)24-8-2-1-3-9-24/h4-5,12-13H,1-3,6-11,14-15H2,(H,23,25). The number of nitrogens with one attached hydrogen (secondary N) is 1. The van der Waals surface area contributed by atoms with Crippen LogP contribution in [0.1, 0.15) is 37.7 Å². The van der Waals surface area contributed by atoms with Gasteiger partial charge in [0.05, 0.1) is 5.02 Å². The van der Waals surface area contributed by atoms with E-state index in [0.717, 1.165) is 44.7 Å². The van der Waals surface area contributed by atoms with Gasteiger partial charge in [-0.15, -0.1) is 0 Å². The molecule has 1 amide bonds. The Labute approximate surface area is 170 Å². The molecule has 152 valence electrons. The molecule has 6 nitrogen and oxygen atoms in total. The maximum absolute atomic E-state index is 12.5. The normalized spacial score (nSPS) is 21.8. The molecule has 1 aromatic carbocycles. The highest BCUT2D eigenvalue weighted by atomic mass is 35.5. The minimum atomic E-state index is -0.100. The Balaban J connectivity index is 1.38. The number of rotatable bonds is 5. The van der Waals surface area contributed by atoms with E-state index in [0.29, 0.717) is 23.1 Å². The van der Waals surface area contributed by atoms with Crippen LogP contribution in [0.5, 0.6) is 11.5 Å². The van der Waals surface area contributed by atoms with Crippen molar-refractivity contribution in [2.24, 2.45) is 0 Å². The van der Waals surface area contributed by atoms with Gasteiger partial charge in [-0.25, -0.2) is 0 Å². The Kier molecular flexibility index (Phi) is 6.09. The third-order valence-corrected chi connectivity index (χ3v) is 6.20. The van der Waals surface area contributed by atoms with Crippen molar-refractivity contribution < 1.29 is 19.0 Å². The maximum Gasteiger partial charge on any atom is 0.244 e. The van der Waals surface area contributed by atoms with E-state index in [9.17, 15) is 4.79 Å². The monoisotopic (exact) mass is 406 g/mol. The van der Waals surface area contributed by atoms with Gasteiger partial charge >= 0.3 is 0 Å². The lowest BCUT2D eigenvalue weighted by molar-refractivity contribution is -0.118. The zero-order valence-corrected chi connectivity index (χ0v) is 16.8. The number of carbonyl (C=O) groups excluding carboxylic acids is 1. The predicted octanol–water partition coefficient (Wildman–Crippen LogP) is 3.23. The summed E-state index contributed by atoms with van der Waals surface area (Å²) < 4.78 is 16.3. The van der Waals surface area contributed by atoms with Gasteiger partial charge in [-0.3, -0.25) is 9.69 Å².